The first kappa shape index (κ1) is 21.1. The zero-order valence-corrected chi connectivity index (χ0v) is 18.0. The summed E-state index contributed by atoms with van der Waals surface area (Å²) in [6, 6.07) is 22.9. The summed E-state index contributed by atoms with van der Waals surface area (Å²) in [6.45, 7) is 2.22. The normalized spacial score (nSPS) is 14.5. The highest BCUT2D eigenvalue weighted by molar-refractivity contribution is 5.94. The number of nitrogens with one attached hydrogen (secondary N) is 1. The van der Waals surface area contributed by atoms with Gasteiger partial charge < -0.3 is 10.2 Å². The fourth-order valence-electron chi connectivity index (χ4n) is 4.16. The van der Waals surface area contributed by atoms with E-state index in [1.54, 1.807) is 12.1 Å². The summed E-state index contributed by atoms with van der Waals surface area (Å²) in [4.78, 5) is 17.1. The summed E-state index contributed by atoms with van der Waals surface area (Å²) in [5, 5.41) is 3.03. The number of fused-ring (bicyclic) bond motifs is 1. The summed E-state index contributed by atoms with van der Waals surface area (Å²) >= 11 is 0. The molecule has 0 aliphatic carbocycles. The van der Waals surface area contributed by atoms with Gasteiger partial charge in [0.15, 0.2) is 0 Å². The highest BCUT2D eigenvalue weighted by Gasteiger charge is 2.25. The predicted molar refractivity (Wildman–Crippen MR) is 123 cm³/mol. The Balaban J connectivity index is 1.56. The average Bonchev–Trinajstić information content (AvgIpc) is 2.79. The molecule has 0 unspecified atom stereocenters. The standard InChI is InChI=1S/C26H28FN3O/c1-29(2)24-12-10-20(11-13-24)25(17-28-26(31)21-8-5-9-23(27)16-21)30-15-14-19-6-3-4-7-22(19)18-30/h3-13,16,25H,14-15,17-18H2,1-2H3,(H,28,31)/t25-/m1/s1. The van der Waals surface area contributed by atoms with Gasteiger partial charge in [-0.3, -0.25) is 9.69 Å². The van der Waals surface area contributed by atoms with E-state index in [1.165, 1.54) is 23.3 Å². The molecule has 5 heteroatoms. The molecule has 3 aromatic rings. The van der Waals surface area contributed by atoms with Crippen LogP contribution in [0.1, 0.15) is 33.1 Å². The van der Waals surface area contributed by atoms with Crippen LogP contribution < -0.4 is 10.2 Å². The minimum absolute atomic E-state index is 0.0297. The van der Waals surface area contributed by atoms with Crippen LogP contribution in [0.25, 0.3) is 0 Å². The van der Waals surface area contributed by atoms with Crippen LogP contribution in [-0.4, -0.2) is 38.0 Å². The van der Waals surface area contributed by atoms with Crippen LogP contribution in [0.4, 0.5) is 10.1 Å². The van der Waals surface area contributed by atoms with E-state index >= 15 is 0 Å². The summed E-state index contributed by atoms with van der Waals surface area (Å²) in [5.74, 6) is -0.664. The SMILES string of the molecule is CN(C)c1ccc([C@@H](CNC(=O)c2cccc(F)c2)N2CCc3ccccc3C2)cc1. The first-order valence-corrected chi connectivity index (χ1v) is 10.6. The van der Waals surface area contributed by atoms with Gasteiger partial charge in [-0.15, -0.1) is 0 Å². The van der Waals surface area contributed by atoms with Gasteiger partial charge in [-0.25, -0.2) is 4.39 Å². The Kier molecular flexibility index (Phi) is 6.33. The average molecular weight is 418 g/mol. The van der Waals surface area contributed by atoms with Gasteiger partial charge in [0.2, 0.25) is 0 Å². The third-order valence-electron chi connectivity index (χ3n) is 5.94. The van der Waals surface area contributed by atoms with Gasteiger partial charge in [-0.2, -0.15) is 0 Å². The van der Waals surface area contributed by atoms with Crippen molar-refractivity contribution in [2.45, 2.75) is 19.0 Å². The summed E-state index contributed by atoms with van der Waals surface area (Å²) in [5.41, 5.74) is 5.36. The molecule has 3 aromatic carbocycles. The molecule has 1 amide bonds. The van der Waals surface area contributed by atoms with Crippen molar-refractivity contribution in [3.8, 4) is 0 Å². The van der Waals surface area contributed by atoms with Crippen LogP contribution in [0.2, 0.25) is 0 Å². The molecule has 0 bridgehead atoms. The molecule has 1 atom stereocenters. The minimum Gasteiger partial charge on any atom is -0.378 e. The van der Waals surface area contributed by atoms with Crippen LogP contribution in [0.15, 0.2) is 72.8 Å². The zero-order chi connectivity index (χ0) is 21.8. The molecule has 0 spiro atoms. The van der Waals surface area contributed by atoms with Crippen molar-refractivity contribution in [1.82, 2.24) is 10.2 Å². The molecule has 0 saturated carbocycles. The first-order chi connectivity index (χ1) is 15.0. The van der Waals surface area contributed by atoms with Gasteiger partial charge >= 0.3 is 0 Å². The second-order valence-corrected chi connectivity index (χ2v) is 8.21. The molecule has 1 aliphatic heterocycles. The van der Waals surface area contributed by atoms with Crippen molar-refractivity contribution in [2.75, 3.05) is 32.1 Å². The van der Waals surface area contributed by atoms with E-state index < -0.39 is 5.82 Å². The van der Waals surface area contributed by atoms with Crippen LogP contribution in [-0.2, 0) is 13.0 Å². The fourth-order valence-corrected chi connectivity index (χ4v) is 4.16. The molecule has 4 rings (SSSR count). The van der Waals surface area contributed by atoms with Crippen LogP contribution in [0, 0.1) is 5.82 Å². The maximum absolute atomic E-state index is 13.5. The Morgan fingerprint density at radius 2 is 1.77 bits per heavy atom. The first-order valence-electron chi connectivity index (χ1n) is 10.6. The van der Waals surface area contributed by atoms with E-state index in [-0.39, 0.29) is 11.9 Å². The number of rotatable bonds is 6. The Labute approximate surface area is 183 Å². The van der Waals surface area contributed by atoms with Crippen LogP contribution >= 0.6 is 0 Å². The van der Waals surface area contributed by atoms with Gasteiger partial charge in [-0.05, 0) is 53.4 Å². The Bertz CT molecular complexity index is 1050. The van der Waals surface area contributed by atoms with Gasteiger partial charge in [-0.1, -0.05) is 42.5 Å². The van der Waals surface area contributed by atoms with E-state index in [0.29, 0.717) is 12.1 Å². The number of amides is 1. The van der Waals surface area contributed by atoms with Gasteiger partial charge in [0.05, 0.1) is 6.04 Å². The molecule has 0 saturated heterocycles. The maximum Gasteiger partial charge on any atom is 0.251 e. The van der Waals surface area contributed by atoms with Crippen molar-refractivity contribution in [3.63, 3.8) is 0 Å². The summed E-state index contributed by atoms with van der Waals surface area (Å²) in [7, 11) is 4.04. The van der Waals surface area contributed by atoms with E-state index in [2.05, 4.69) is 63.6 Å². The second kappa shape index (κ2) is 9.31. The molecule has 1 aliphatic rings. The molecule has 0 aromatic heterocycles. The van der Waals surface area contributed by atoms with Crippen molar-refractivity contribution in [1.29, 1.82) is 0 Å². The smallest absolute Gasteiger partial charge is 0.251 e. The Hall–Kier alpha value is -3.18. The van der Waals surface area contributed by atoms with Crippen LogP contribution in [0.5, 0.6) is 0 Å². The molecule has 0 fully saturated rings. The van der Waals surface area contributed by atoms with E-state index in [9.17, 15) is 9.18 Å². The number of benzene rings is 3. The monoisotopic (exact) mass is 417 g/mol. The topological polar surface area (TPSA) is 35.6 Å². The summed E-state index contributed by atoms with van der Waals surface area (Å²) < 4.78 is 13.5. The number of carbonyl (C=O) groups excluding carboxylic acids is 1. The van der Waals surface area contributed by atoms with Gasteiger partial charge in [0, 0.05) is 45.0 Å². The minimum atomic E-state index is -0.406. The predicted octanol–water partition coefficient (Wildman–Crippen LogP) is 4.42. The lowest BCUT2D eigenvalue weighted by atomic mass is 9.96. The lowest BCUT2D eigenvalue weighted by Gasteiger charge is -2.36. The molecule has 1 heterocycles. The van der Waals surface area contributed by atoms with Crippen LogP contribution in [0.3, 0.4) is 0 Å². The molecule has 1 N–H and O–H groups in total. The van der Waals surface area contributed by atoms with Crippen molar-refractivity contribution in [2.24, 2.45) is 0 Å². The molecular formula is C26H28FN3O. The maximum atomic E-state index is 13.5. The number of carbonyl (C=O) groups is 1. The van der Waals surface area contributed by atoms with Crippen molar-refractivity contribution in [3.05, 3.63) is 101 Å². The Morgan fingerprint density at radius 3 is 2.48 bits per heavy atom. The van der Waals surface area contributed by atoms with Gasteiger partial charge in [0.25, 0.3) is 5.91 Å². The van der Waals surface area contributed by atoms with Crippen molar-refractivity contribution >= 4 is 11.6 Å². The number of hydrogen-bond donors (Lipinski definition) is 1. The van der Waals surface area contributed by atoms with E-state index in [1.807, 2.05) is 14.1 Å². The highest BCUT2D eigenvalue weighted by Crippen LogP contribution is 2.28. The lowest BCUT2D eigenvalue weighted by molar-refractivity contribution is 0.0927. The number of anilines is 1. The zero-order valence-electron chi connectivity index (χ0n) is 18.0. The number of hydrogen-bond acceptors (Lipinski definition) is 3. The molecule has 31 heavy (non-hydrogen) atoms. The third kappa shape index (κ3) is 4.94. The highest BCUT2D eigenvalue weighted by atomic mass is 19.1. The van der Waals surface area contributed by atoms with Gasteiger partial charge in [0.1, 0.15) is 5.82 Å². The molecule has 4 nitrogen and oxygen atoms in total. The molecular weight excluding hydrogens is 389 g/mol. The second-order valence-electron chi connectivity index (χ2n) is 8.21. The van der Waals surface area contributed by atoms with E-state index in [0.717, 1.165) is 30.8 Å². The third-order valence-corrected chi connectivity index (χ3v) is 5.94. The summed E-state index contributed by atoms with van der Waals surface area (Å²) in [6.07, 6.45) is 0.986. The molecule has 0 radical (unpaired) electrons. The number of nitrogens with zero attached hydrogens (tertiary/aromatic N) is 2. The fraction of sp³-hybridized carbons (Fsp3) is 0.269. The van der Waals surface area contributed by atoms with E-state index in [4.69, 9.17) is 0 Å². The quantitative estimate of drug-likeness (QED) is 0.645. The molecule has 160 valence electrons. The number of halogens is 1. The lowest BCUT2D eigenvalue weighted by Crippen LogP contribution is -2.40. The van der Waals surface area contributed by atoms with Crippen molar-refractivity contribution < 1.29 is 9.18 Å². The Morgan fingerprint density at radius 1 is 1.03 bits per heavy atom. The largest absolute Gasteiger partial charge is 0.378 e.